The first-order valence-electron chi connectivity index (χ1n) is 11.0. The monoisotopic (exact) mass is 434 g/mol. The van der Waals surface area contributed by atoms with E-state index in [9.17, 15) is 4.79 Å². The van der Waals surface area contributed by atoms with Crippen LogP contribution in [0.4, 0.5) is 11.5 Å². The third-order valence-electron chi connectivity index (χ3n) is 5.65. The number of carbonyl (C=O) groups excluding carboxylic acids is 1. The highest BCUT2D eigenvalue weighted by atomic mass is 32.1. The number of benzene rings is 2. The van der Waals surface area contributed by atoms with Gasteiger partial charge in [-0.2, -0.15) is 4.37 Å². The summed E-state index contributed by atoms with van der Waals surface area (Å²) < 4.78 is 5.97. The van der Waals surface area contributed by atoms with E-state index in [0.717, 1.165) is 62.6 Å². The van der Waals surface area contributed by atoms with Gasteiger partial charge < -0.3 is 10.2 Å². The van der Waals surface area contributed by atoms with Gasteiger partial charge in [-0.15, -0.1) is 0 Å². The van der Waals surface area contributed by atoms with Crippen molar-refractivity contribution in [1.29, 1.82) is 0 Å². The average molecular weight is 435 g/mol. The summed E-state index contributed by atoms with van der Waals surface area (Å²) in [7, 11) is 0. The number of nitrogens with zero attached hydrogens (tertiary/aromatic N) is 3. The fraction of sp³-hybridized carbons (Fsp3) is 0.360. The van der Waals surface area contributed by atoms with Crippen molar-refractivity contribution in [3.63, 3.8) is 0 Å². The van der Waals surface area contributed by atoms with E-state index in [0.29, 0.717) is 0 Å². The lowest BCUT2D eigenvalue weighted by Gasteiger charge is -2.35. The Morgan fingerprint density at radius 1 is 1.06 bits per heavy atom. The van der Waals surface area contributed by atoms with Gasteiger partial charge in [-0.25, -0.2) is 0 Å². The van der Waals surface area contributed by atoms with Gasteiger partial charge in [0.15, 0.2) is 0 Å². The number of piperazine rings is 1. The van der Waals surface area contributed by atoms with Crippen LogP contribution in [0.5, 0.6) is 0 Å². The van der Waals surface area contributed by atoms with Gasteiger partial charge in [-0.3, -0.25) is 9.69 Å². The summed E-state index contributed by atoms with van der Waals surface area (Å²) >= 11 is 1.59. The van der Waals surface area contributed by atoms with E-state index >= 15 is 0 Å². The maximum atomic E-state index is 12.1. The van der Waals surface area contributed by atoms with Crippen LogP contribution in [0.1, 0.15) is 25.8 Å². The second-order valence-electron chi connectivity index (χ2n) is 8.30. The molecule has 0 spiro atoms. The number of amides is 1. The molecule has 162 valence electrons. The lowest BCUT2D eigenvalue weighted by atomic mass is 10.1. The highest BCUT2D eigenvalue weighted by Gasteiger charge is 2.20. The molecule has 2 heterocycles. The smallest absolute Gasteiger partial charge is 0.248 e. The minimum atomic E-state index is -0.0573. The summed E-state index contributed by atoms with van der Waals surface area (Å²) in [6.07, 6.45) is 3.68. The first-order valence-corrected chi connectivity index (χ1v) is 11.7. The van der Waals surface area contributed by atoms with Gasteiger partial charge in [0.05, 0.1) is 4.70 Å². The first-order chi connectivity index (χ1) is 15.1. The standard InChI is InChI=1S/C25H30N4OS/c1-19(2)18-24(30)26-22-11-5-3-8-20(22)9-7-13-28-14-16-29(17-15-28)25-21-10-4-6-12-23(21)31-27-25/h3-6,8,10-12,18H,7,9,13-17H2,1-2H3,(H,26,30). The number of aryl methyl sites for hydroxylation is 1. The van der Waals surface area contributed by atoms with Crippen LogP contribution in [0.15, 0.2) is 60.2 Å². The van der Waals surface area contributed by atoms with E-state index in [1.54, 1.807) is 17.6 Å². The highest BCUT2D eigenvalue weighted by molar-refractivity contribution is 7.13. The maximum absolute atomic E-state index is 12.1. The largest absolute Gasteiger partial charge is 0.353 e. The third-order valence-corrected chi connectivity index (χ3v) is 6.46. The zero-order chi connectivity index (χ0) is 21.6. The van der Waals surface area contributed by atoms with Crippen molar-refractivity contribution >= 4 is 39.0 Å². The molecule has 1 aliphatic rings. The molecule has 1 fully saturated rings. The van der Waals surface area contributed by atoms with Crippen LogP contribution in [0.2, 0.25) is 0 Å². The lowest BCUT2D eigenvalue weighted by Crippen LogP contribution is -2.46. The van der Waals surface area contributed by atoms with Gasteiger partial charge in [0.2, 0.25) is 5.91 Å². The molecule has 5 nitrogen and oxygen atoms in total. The molecule has 0 atom stereocenters. The summed E-state index contributed by atoms with van der Waals surface area (Å²) in [5.74, 6) is 1.08. The number of hydrogen-bond acceptors (Lipinski definition) is 5. The summed E-state index contributed by atoms with van der Waals surface area (Å²) in [5.41, 5.74) is 3.12. The molecule has 0 bridgehead atoms. The topological polar surface area (TPSA) is 48.5 Å². The fourth-order valence-corrected chi connectivity index (χ4v) is 4.86. The van der Waals surface area contributed by atoms with E-state index in [-0.39, 0.29) is 5.91 Å². The van der Waals surface area contributed by atoms with Crippen molar-refractivity contribution in [2.24, 2.45) is 0 Å². The molecule has 0 saturated carbocycles. The highest BCUT2D eigenvalue weighted by Crippen LogP contribution is 2.29. The van der Waals surface area contributed by atoms with Crippen LogP contribution in [0.3, 0.4) is 0 Å². The third kappa shape index (κ3) is 5.51. The number of fused-ring (bicyclic) bond motifs is 1. The minimum absolute atomic E-state index is 0.0573. The Kier molecular flexibility index (Phi) is 6.99. The van der Waals surface area contributed by atoms with Crippen LogP contribution in [0, 0.1) is 0 Å². The second kappa shape index (κ2) is 10.1. The fourth-order valence-electron chi connectivity index (χ4n) is 4.07. The molecule has 1 N–H and O–H groups in total. The van der Waals surface area contributed by atoms with E-state index in [1.165, 1.54) is 15.6 Å². The SMILES string of the molecule is CC(C)=CC(=O)Nc1ccccc1CCCN1CCN(c2nsc3ccccc23)CC1. The molecule has 3 aromatic rings. The Labute approximate surface area is 188 Å². The average Bonchev–Trinajstić information content (AvgIpc) is 3.19. The normalized spacial score (nSPS) is 14.6. The Hall–Kier alpha value is -2.70. The maximum Gasteiger partial charge on any atom is 0.248 e. The van der Waals surface area contributed by atoms with Crippen molar-refractivity contribution < 1.29 is 4.79 Å². The van der Waals surface area contributed by atoms with Crippen molar-refractivity contribution in [3.8, 4) is 0 Å². The van der Waals surface area contributed by atoms with E-state index < -0.39 is 0 Å². The molecule has 2 aromatic carbocycles. The van der Waals surface area contributed by atoms with Crippen LogP contribution in [-0.4, -0.2) is 47.9 Å². The Morgan fingerprint density at radius 3 is 2.61 bits per heavy atom. The van der Waals surface area contributed by atoms with Gasteiger partial charge >= 0.3 is 0 Å². The zero-order valence-corrected chi connectivity index (χ0v) is 19.1. The van der Waals surface area contributed by atoms with Gasteiger partial charge in [0.1, 0.15) is 5.82 Å². The summed E-state index contributed by atoms with van der Waals surface area (Å²) in [5, 5.41) is 4.30. The predicted octanol–water partition coefficient (Wildman–Crippen LogP) is 4.96. The molecule has 1 aliphatic heterocycles. The van der Waals surface area contributed by atoms with E-state index in [1.807, 2.05) is 32.0 Å². The van der Waals surface area contributed by atoms with Crippen LogP contribution in [-0.2, 0) is 11.2 Å². The number of allylic oxidation sites excluding steroid dienone is 1. The number of hydrogen-bond donors (Lipinski definition) is 1. The van der Waals surface area contributed by atoms with E-state index in [2.05, 4.69) is 45.4 Å². The molecule has 6 heteroatoms. The molecule has 0 aliphatic carbocycles. The van der Waals surface area contributed by atoms with Crippen molar-refractivity contribution in [2.45, 2.75) is 26.7 Å². The molecule has 1 aromatic heterocycles. The molecular formula is C25H30N4OS. The molecule has 31 heavy (non-hydrogen) atoms. The quantitative estimate of drug-likeness (QED) is 0.534. The Balaban J connectivity index is 1.27. The number of para-hydroxylation sites is 1. The summed E-state index contributed by atoms with van der Waals surface area (Å²) in [4.78, 5) is 17.1. The van der Waals surface area contributed by atoms with Crippen molar-refractivity contribution in [2.75, 3.05) is 42.9 Å². The number of anilines is 2. The van der Waals surface area contributed by atoms with Gasteiger partial charge in [-0.05, 0) is 68.5 Å². The van der Waals surface area contributed by atoms with Gasteiger partial charge in [-0.1, -0.05) is 35.9 Å². The summed E-state index contributed by atoms with van der Waals surface area (Å²) in [6, 6.07) is 16.6. The van der Waals surface area contributed by atoms with Crippen LogP contribution >= 0.6 is 11.5 Å². The number of rotatable bonds is 7. The molecular weight excluding hydrogens is 404 g/mol. The molecule has 1 saturated heterocycles. The van der Waals surface area contributed by atoms with Crippen molar-refractivity contribution in [3.05, 3.63) is 65.7 Å². The van der Waals surface area contributed by atoms with Crippen LogP contribution in [0.25, 0.3) is 10.1 Å². The Bertz CT molecular complexity index is 1060. The zero-order valence-electron chi connectivity index (χ0n) is 18.3. The van der Waals surface area contributed by atoms with E-state index in [4.69, 9.17) is 4.37 Å². The van der Waals surface area contributed by atoms with Crippen LogP contribution < -0.4 is 10.2 Å². The molecule has 1 amide bonds. The minimum Gasteiger partial charge on any atom is -0.353 e. The van der Waals surface area contributed by atoms with Gasteiger partial charge in [0.25, 0.3) is 0 Å². The van der Waals surface area contributed by atoms with Crippen molar-refractivity contribution in [1.82, 2.24) is 9.27 Å². The Morgan fingerprint density at radius 2 is 1.81 bits per heavy atom. The van der Waals surface area contributed by atoms with Gasteiger partial charge in [0, 0.05) is 43.3 Å². The summed E-state index contributed by atoms with van der Waals surface area (Å²) in [6.45, 7) is 9.09. The molecule has 0 unspecified atom stereocenters. The molecule has 4 rings (SSSR count). The number of nitrogens with one attached hydrogen (secondary N) is 1. The number of carbonyl (C=O) groups is 1. The predicted molar refractivity (Wildman–Crippen MR) is 131 cm³/mol. The number of aromatic nitrogens is 1. The first kappa shape index (κ1) is 21.5. The lowest BCUT2D eigenvalue weighted by molar-refractivity contribution is -0.111. The second-order valence-corrected chi connectivity index (χ2v) is 9.11. The molecule has 0 radical (unpaired) electrons.